The first-order valence-electron chi connectivity index (χ1n) is 32.3. The number of primary amides is 1. The lowest BCUT2D eigenvalue weighted by Gasteiger charge is -2.47. The molecule has 0 radical (unpaired) electrons. The summed E-state index contributed by atoms with van der Waals surface area (Å²) in [5.74, 6) is -20.0. The number of likely N-dealkylation sites (N-methyl/N-ethyl adjacent to an activating group) is 1. The first-order chi connectivity index (χ1) is 47.7. The van der Waals surface area contributed by atoms with Gasteiger partial charge in [0.25, 0.3) is 0 Å². The molecule has 7 aliphatic rings. The lowest BCUT2D eigenvalue weighted by Crippen LogP contribution is -2.64. The molecule has 12 rings (SSSR count). The molecule has 32 heteroatoms. The van der Waals surface area contributed by atoms with E-state index in [1.54, 1.807) is 0 Å². The number of phenolic OH excluding ortho intramolecular Hbond substituents is 3. The number of benzene rings is 5. The van der Waals surface area contributed by atoms with Gasteiger partial charge in [-0.05, 0) is 110 Å². The number of phenols is 3. The van der Waals surface area contributed by atoms with Gasteiger partial charge in [0.15, 0.2) is 47.3 Å². The Morgan fingerprint density at radius 1 is 0.733 bits per heavy atom. The van der Waals surface area contributed by atoms with E-state index in [1.165, 1.54) is 51.2 Å². The zero-order valence-electron chi connectivity index (χ0n) is 54.9. The number of nitrogens with one attached hydrogen (secondary N) is 4. The van der Waals surface area contributed by atoms with E-state index in [1.807, 2.05) is 13.8 Å². The van der Waals surface area contributed by atoms with Crippen molar-refractivity contribution in [3.8, 4) is 57.1 Å². The molecule has 0 aliphatic carbocycles. The van der Waals surface area contributed by atoms with Crippen LogP contribution >= 0.6 is 23.2 Å². The van der Waals surface area contributed by atoms with E-state index in [0.717, 1.165) is 48.5 Å². The molecule has 18 N–H and O–H groups in total. The summed E-state index contributed by atoms with van der Waals surface area (Å²) in [5.41, 5.74) is 8.61. The van der Waals surface area contributed by atoms with Gasteiger partial charge in [0.05, 0.1) is 77.3 Å². The Balaban J connectivity index is 1.24. The summed E-state index contributed by atoms with van der Waals surface area (Å²) < 4.78 is 38.5. The fourth-order valence-electron chi connectivity index (χ4n) is 13.3. The van der Waals surface area contributed by atoms with E-state index in [-0.39, 0.29) is 57.5 Å². The van der Waals surface area contributed by atoms with Crippen molar-refractivity contribution in [2.75, 3.05) is 13.7 Å². The number of aliphatic hydroxyl groups excluding tert-OH is 6. The minimum atomic E-state index is -2.20. The Hall–Kier alpha value is -8.60. The molecule has 1 unspecified atom stereocenters. The molecule has 0 aromatic heterocycles. The third-order valence-electron chi connectivity index (χ3n) is 18.7. The van der Waals surface area contributed by atoms with Crippen LogP contribution in [0.2, 0.25) is 10.0 Å². The molecule has 0 spiro atoms. The Labute approximate surface area is 586 Å². The summed E-state index contributed by atoms with van der Waals surface area (Å²) in [6.07, 6.45) is -20.8. The lowest BCUT2D eigenvalue weighted by atomic mass is 9.84. The second kappa shape index (κ2) is 30.5. The fourth-order valence-corrected chi connectivity index (χ4v) is 13.7. The Kier molecular flexibility index (Phi) is 22.7. The first kappa shape index (κ1) is 75.1. The summed E-state index contributed by atoms with van der Waals surface area (Å²) in [7, 11) is 1.52. The highest BCUT2D eigenvalue weighted by Crippen LogP contribution is 2.51. The minimum Gasteiger partial charge on any atom is -0.508 e. The van der Waals surface area contributed by atoms with Crippen LogP contribution in [0.3, 0.4) is 0 Å². The predicted octanol–water partition coefficient (Wildman–Crippen LogP) is 3.17. The second-order valence-electron chi connectivity index (χ2n) is 26.6. The molecule has 4 amide bonds. The predicted molar refractivity (Wildman–Crippen MR) is 353 cm³/mol. The van der Waals surface area contributed by atoms with Gasteiger partial charge in [0.2, 0.25) is 35.7 Å². The normalized spacial score (nSPS) is 29.6. The number of ether oxygens (including phenoxy) is 6. The number of carboxylic acid groups (broad SMARTS) is 1. The topological polar surface area (TPSA) is 494 Å². The fraction of sp³-hybridized carbons (Fsp3) is 0.449. The number of carbonyl (C=O) groups is 8. The molecule has 30 nitrogen and oxygen atoms in total. The van der Waals surface area contributed by atoms with E-state index < -0.39 is 244 Å². The number of nitrogens with two attached hydrogens (primary N) is 2. The monoisotopic (exact) mass is 1440 g/mol. The molecule has 2 saturated heterocycles. The van der Waals surface area contributed by atoms with E-state index in [4.69, 9.17) is 63.1 Å². The van der Waals surface area contributed by atoms with Crippen LogP contribution in [-0.4, -0.2) is 178 Å². The molecular weight excluding hydrogens is 1370 g/mol. The van der Waals surface area contributed by atoms with E-state index in [2.05, 4.69) is 21.3 Å². The number of carboxylic acids is 1. The van der Waals surface area contributed by atoms with Crippen LogP contribution in [0.25, 0.3) is 11.1 Å². The number of aliphatic carboxylic acids is 1. The van der Waals surface area contributed by atoms with Crippen LogP contribution in [-0.2, 0) is 52.6 Å². The highest BCUT2D eigenvalue weighted by Gasteiger charge is 2.51. The van der Waals surface area contributed by atoms with Gasteiger partial charge in [0.1, 0.15) is 53.1 Å². The van der Waals surface area contributed by atoms with Crippen LogP contribution in [0.4, 0.5) is 0 Å². The second-order valence-corrected chi connectivity index (χ2v) is 27.4. The van der Waals surface area contributed by atoms with Crippen molar-refractivity contribution in [3.63, 3.8) is 0 Å². The molecule has 2 fully saturated rings. The molecule has 5 aromatic carbocycles. The SMILES string of the molecule is CN[C@H](CC(C)C)C(=O)CC1C(=O)N[C@@H](CC(N)=O)C(=O)C[C@H]2C(=O)N[C@H]3C(=O)C[C@H](C(=O)N[C@H](C(=O)O)c4cc(O)cc(O)c4-c4cc3ccc4O)[C@H](O)c3ccc(c(Cl)c3)Oc3cc2cc(c3O[C@@H]2O[C@H](CO)[C@@H](O)[C@H](O)[C@H]2O[C@H]2C[C@](C)(N)[C@H](O)[C@H](C)O2)Oc2ccc(cc2Cl)[C@H]1O. The zero-order chi connectivity index (χ0) is 73.5. The summed E-state index contributed by atoms with van der Waals surface area (Å²) >= 11 is 14.2. The Bertz CT molecular complexity index is 4060. The van der Waals surface area contributed by atoms with Crippen molar-refractivity contribution in [3.05, 3.63) is 117 Å². The Morgan fingerprint density at radius 3 is 1.95 bits per heavy atom. The van der Waals surface area contributed by atoms with Gasteiger partial charge in [-0.1, -0.05) is 55.2 Å². The molecule has 542 valence electrons. The number of ketones is 3. The van der Waals surface area contributed by atoms with Crippen molar-refractivity contribution in [1.29, 1.82) is 0 Å². The summed E-state index contributed by atoms with van der Waals surface area (Å²) in [4.78, 5) is 118. The van der Waals surface area contributed by atoms with Crippen LogP contribution in [0.5, 0.6) is 46.0 Å². The number of amides is 4. The van der Waals surface area contributed by atoms with Crippen molar-refractivity contribution in [1.82, 2.24) is 21.3 Å². The maximum atomic E-state index is 16.1. The highest BCUT2D eigenvalue weighted by atomic mass is 35.5. The van der Waals surface area contributed by atoms with Gasteiger partial charge < -0.3 is 112 Å². The largest absolute Gasteiger partial charge is 0.508 e. The molecule has 0 saturated carbocycles. The van der Waals surface area contributed by atoms with E-state index >= 15 is 14.4 Å². The summed E-state index contributed by atoms with van der Waals surface area (Å²) in [6, 6.07) is 7.24. The highest BCUT2D eigenvalue weighted by molar-refractivity contribution is 6.32. The van der Waals surface area contributed by atoms with Crippen LogP contribution in [0.15, 0.2) is 78.9 Å². The number of aliphatic hydroxyl groups is 6. The van der Waals surface area contributed by atoms with Crippen LogP contribution in [0, 0.1) is 17.8 Å². The zero-order valence-corrected chi connectivity index (χ0v) is 56.5. The average molecular weight is 1450 g/mol. The number of aromatic hydroxyl groups is 3. The van der Waals surface area contributed by atoms with Gasteiger partial charge in [0, 0.05) is 54.0 Å². The lowest BCUT2D eigenvalue weighted by molar-refractivity contribution is -0.333. The van der Waals surface area contributed by atoms with Gasteiger partial charge in [-0.25, -0.2) is 4.79 Å². The number of hydrogen-bond donors (Lipinski definition) is 16. The van der Waals surface area contributed by atoms with Crippen LogP contribution in [0.1, 0.15) is 124 Å². The molecular formula is C69H78Cl2N6O24. The van der Waals surface area contributed by atoms with Crippen molar-refractivity contribution < 1.29 is 118 Å². The van der Waals surface area contributed by atoms with Gasteiger partial charge in [-0.3, -0.25) is 33.6 Å². The maximum Gasteiger partial charge on any atom is 0.330 e. The number of rotatable bonds is 14. The average Bonchev–Trinajstić information content (AvgIpc) is 0.775. The third-order valence-corrected chi connectivity index (χ3v) is 19.3. The summed E-state index contributed by atoms with van der Waals surface area (Å²) in [5, 5.41) is 124. The molecule has 5 aromatic rings. The number of Topliss-reactive ketones (excluding diaryl/α,β-unsaturated/α-hetero) is 3. The van der Waals surface area contributed by atoms with Gasteiger partial charge in [-0.15, -0.1) is 0 Å². The Morgan fingerprint density at radius 2 is 1.37 bits per heavy atom. The van der Waals surface area contributed by atoms with Crippen molar-refractivity contribution in [2.45, 2.75) is 163 Å². The number of halogens is 2. The van der Waals surface area contributed by atoms with Crippen molar-refractivity contribution in [2.24, 2.45) is 29.2 Å². The number of fused-ring (bicyclic) bond motifs is 15. The van der Waals surface area contributed by atoms with Gasteiger partial charge >= 0.3 is 5.97 Å². The van der Waals surface area contributed by atoms with Gasteiger partial charge in [-0.2, -0.15) is 0 Å². The maximum absolute atomic E-state index is 16.1. The molecule has 7 heterocycles. The molecule has 18 atom stereocenters. The van der Waals surface area contributed by atoms with Crippen molar-refractivity contribution >= 4 is 70.1 Å². The first-order valence-corrected chi connectivity index (χ1v) is 33.0. The number of hydrogen-bond acceptors (Lipinski definition) is 25. The smallest absolute Gasteiger partial charge is 0.330 e. The third kappa shape index (κ3) is 16.0. The standard InChI is InChI=1S/C69H78Cl2N6O24/c1-26(2)12-40(74-5)43(81)21-36-57(86)29-7-10-47(38(70)14-29)97-49-16-31-17-50(61(49)101-68-62(60(89)59(88)51(25-78)99-68)100-53-24-69(4,73)63(90)27(3)96-53)98-48-11-8-30(15-39(48)71)58(87)37-22-46(84)55(76-64(91)33(31)20-44(82)41(23-52(72)85)75-65(36)92)28-6-9-42(80)34(13-28)54-35(18-32(79)19-45(54)83)56(67(94)95)77-66(37)93/h6-11,13-19,26-27,33,36-37,40-41,51,53,55-60,62-63,68,74,78-80,83,86-90H,12,20-25,73H2,1-5H3,(H2,72,85)(H,75,92)(H,76,91)(H,77,93)(H,94,95)/t27-,33+,36?,37-,40+,41-,51+,53-,55+,56-,57+,58+,59+,60-,62+,63+,68-,69-/m0/s1. The van der Waals surface area contributed by atoms with E-state index in [0.29, 0.717) is 0 Å². The van der Waals surface area contributed by atoms with Crippen LogP contribution < -0.4 is 46.9 Å². The van der Waals surface area contributed by atoms with E-state index in [9.17, 15) is 75.0 Å². The number of carbonyl (C=O) groups excluding carboxylic acids is 7. The minimum absolute atomic E-state index is 0.0458. The quantitative estimate of drug-likeness (QED) is 0.0759. The molecule has 101 heavy (non-hydrogen) atoms. The molecule has 11 bridgehead atoms. The molecule has 7 aliphatic heterocycles. The summed E-state index contributed by atoms with van der Waals surface area (Å²) in [6.45, 7) is 5.77.